The van der Waals surface area contributed by atoms with Crippen molar-refractivity contribution in [3.8, 4) is 22.6 Å². The normalized spacial score (nSPS) is 10.6. The van der Waals surface area contributed by atoms with E-state index >= 15 is 0 Å². The maximum atomic E-state index is 13.4. The van der Waals surface area contributed by atoms with E-state index < -0.39 is 11.4 Å². The third-order valence-electron chi connectivity index (χ3n) is 3.45. The van der Waals surface area contributed by atoms with Crippen LogP contribution < -0.4 is 10.4 Å². The summed E-state index contributed by atoms with van der Waals surface area (Å²) >= 11 is 1.63. The van der Waals surface area contributed by atoms with Crippen molar-refractivity contribution >= 4 is 11.8 Å². The van der Waals surface area contributed by atoms with Crippen LogP contribution in [-0.2, 0) is 0 Å². The van der Waals surface area contributed by atoms with Crippen molar-refractivity contribution < 1.29 is 13.5 Å². The molecule has 0 spiro atoms. The topological polar surface area (TPSA) is 39.4 Å². The summed E-state index contributed by atoms with van der Waals surface area (Å²) in [5.41, 5.74) is 0.846. The summed E-state index contributed by atoms with van der Waals surface area (Å²) in [6, 6.07) is 15.1. The molecule has 3 aromatic rings. The Balaban J connectivity index is 2.09. The van der Waals surface area contributed by atoms with Crippen molar-refractivity contribution in [3.63, 3.8) is 0 Å². The zero-order valence-electron chi connectivity index (χ0n) is 13.2. The molecule has 0 saturated carbocycles. The van der Waals surface area contributed by atoms with E-state index in [9.17, 15) is 9.18 Å². The van der Waals surface area contributed by atoms with Gasteiger partial charge in [0.1, 0.15) is 17.3 Å². The third-order valence-corrected chi connectivity index (χ3v) is 4.19. The first kappa shape index (κ1) is 16.3. The Labute approximate surface area is 143 Å². The number of hydrogen-bond acceptors (Lipinski definition) is 4. The van der Waals surface area contributed by atoms with E-state index in [0.29, 0.717) is 11.3 Å². The Morgan fingerprint density at radius 3 is 2.50 bits per heavy atom. The molecule has 0 saturated heterocycles. The lowest BCUT2D eigenvalue weighted by atomic mass is 10.1. The molecule has 0 fully saturated rings. The molecule has 0 bridgehead atoms. The Bertz CT molecular complexity index is 917. The summed E-state index contributed by atoms with van der Waals surface area (Å²) in [6.45, 7) is 1.70. The SMILES string of the molecule is CSc1ccc(-c2cc(C)oc(=O)c2Oc2cccc(F)c2)cc1. The van der Waals surface area contributed by atoms with Crippen LogP contribution in [0, 0.1) is 12.7 Å². The molecule has 3 nitrogen and oxygen atoms in total. The smallest absolute Gasteiger partial charge is 0.379 e. The number of rotatable bonds is 4. The van der Waals surface area contributed by atoms with E-state index in [2.05, 4.69) is 0 Å². The standard InChI is InChI=1S/C19H15FO3S/c1-12-10-17(13-6-8-16(24-2)9-7-13)18(19(21)22-12)23-15-5-3-4-14(20)11-15/h3-11H,1-2H3. The van der Waals surface area contributed by atoms with Gasteiger partial charge < -0.3 is 9.15 Å². The molecule has 0 aliphatic rings. The van der Waals surface area contributed by atoms with Gasteiger partial charge in [-0.3, -0.25) is 0 Å². The first-order chi connectivity index (χ1) is 11.6. The molecule has 0 aliphatic heterocycles. The molecule has 0 radical (unpaired) electrons. The fourth-order valence-corrected chi connectivity index (χ4v) is 2.74. The van der Waals surface area contributed by atoms with Crippen molar-refractivity contribution in [1.29, 1.82) is 0 Å². The van der Waals surface area contributed by atoms with Gasteiger partial charge in [-0.25, -0.2) is 9.18 Å². The van der Waals surface area contributed by atoms with Gasteiger partial charge in [-0.15, -0.1) is 11.8 Å². The summed E-state index contributed by atoms with van der Waals surface area (Å²) in [5.74, 6) is 0.335. The highest BCUT2D eigenvalue weighted by molar-refractivity contribution is 7.98. The molecule has 5 heteroatoms. The van der Waals surface area contributed by atoms with Crippen LogP contribution in [0.25, 0.3) is 11.1 Å². The van der Waals surface area contributed by atoms with Crippen LogP contribution in [0.4, 0.5) is 4.39 Å². The Morgan fingerprint density at radius 1 is 1.08 bits per heavy atom. The number of ether oxygens (including phenoxy) is 1. The summed E-state index contributed by atoms with van der Waals surface area (Å²) in [7, 11) is 0. The largest absolute Gasteiger partial charge is 0.449 e. The van der Waals surface area contributed by atoms with Gasteiger partial charge in [-0.2, -0.15) is 0 Å². The fraction of sp³-hybridized carbons (Fsp3) is 0.105. The molecule has 0 N–H and O–H groups in total. The minimum atomic E-state index is -0.594. The zero-order chi connectivity index (χ0) is 17.1. The molecule has 0 unspecified atom stereocenters. The van der Waals surface area contributed by atoms with E-state index in [1.165, 1.54) is 18.2 Å². The highest BCUT2D eigenvalue weighted by Gasteiger charge is 2.15. The van der Waals surface area contributed by atoms with Crippen LogP contribution in [0.5, 0.6) is 11.5 Å². The lowest BCUT2D eigenvalue weighted by molar-refractivity contribution is 0.409. The van der Waals surface area contributed by atoms with Crippen molar-refractivity contribution in [2.45, 2.75) is 11.8 Å². The minimum Gasteiger partial charge on any atom is -0.449 e. The van der Waals surface area contributed by atoms with Crippen molar-refractivity contribution in [3.05, 3.63) is 76.6 Å². The van der Waals surface area contributed by atoms with Crippen molar-refractivity contribution in [1.82, 2.24) is 0 Å². The van der Waals surface area contributed by atoms with Gasteiger partial charge in [0.2, 0.25) is 5.75 Å². The highest BCUT2D eigenvalue weighted by atomic mass is 32.2. The van der Waals surface area contributed by atoms with Gasteiger partial charge in [0, 0.05) is 16.5 Å². The summed E-state index contributed by atoms with van der Waals surface area (Å²) in [5, 5.41) is 0. The molecular formula is C19H15FO3S. The van der Waals surface area contributed by atoms with Crippen LogP contribution >= 0.6 is 11.8 Å². The molecular weight excluding hydrogens is 327 g/mol. The summed E-state index contributed by atoms with van der Waals surface area (Å²) in [4.78, 5) is 13.4. The average molecular weight is 342 g/mol. The first-order valence-electron chi connectivity index (χ1n) is 7.29. The van der Waals surface area contributed by atoms with Crippen molar-refractivity contribution in [2.75, 3.05) is 6.26 Å². The average Bonchev–Trinajstić information content (AvgIpc) is 2.57. The van der Waals surface area contributed by atoms with Crippen LogP contribution in [0.2, 0.25) is 0 Å². The van der Waals surface area contributed by atoms with Gasteiger partial charge in [0.15, 0.2) is 0 Å². The molecule has 3 rings (SSSR count). The quantitative estimate of drug-likeness (QED) is 0.606. The molecule has 0 aliphatic carbocycles. The second-order valence-corrected chi connectivity index (χ2v) is 6.05. The molecule has 0 atom stereocenters. The van der Waals surface area contributed by atoms with E-state index in [4.69, 9.17) is 9.15 Å². The number of benzene rings is 2. The first-order valence-corrected chi connectivity index (χ1v) is 8.52. The van der Waals surface area contributed by atoms with Crippen LogP contribution in [-0.4, -0.2) is 6.26 Å². The van der Waals surface area contributed by atoms with Crippen LogP contribution in [0.1, 0.15) is 5.76 Å². The predicted octanol–water partition coefficient (Wildman–Crippen LogP) is 5.27. The predicted molar refractivity (Wildman–Crippen MR) is 93.4 cm³/mol. The maximum absolute atomic E-state index is 13.4. The molecule has 2 aromatic carbocycles. The molecule has 122 valence electrons. The van der Waals surface area contributed by atoms with E-state index in [0.717, 1.165) is 10.5 Å². The Morgan fingerprint density at radius 2 is 1.83 bits per heavy atom. The monoisotopic (exact) mass is 342 g/mol. The minimum absolute atomic E-state index is 0.0445. The Kier molecular flexibility index (Phi) is 4.71. The highest BCUT2D eigenvalue weighted by Crippen LogP contribution is 2.32. The summed E-state index contributed by atoms with van der Waals surface area (Å²) < 4.78 is 24.1. The Hall–Kier alpha value is -2.53. The maximum Gasteiger partial charge on any atom is 0.379 e. The molecule has 0 amide bonds. The molecule has 24 heavy (non-hydrogen) atoms. The number of halogens is 1. The molecule has 1 heterocycles. The van der Waals surface area contributed by atoms with Gasteiger partial charge >= 0.3 is 5.63 Å². The zero-order valence-corrected chi connectivity index (χ0v) is 14.0. The number of aryl methyl sites for hydroxylation is 1. The van der Waals surface area contributed by atoms with E-state index in [1.807, 2.05) is 30.5 Å². The van der Waals surface area contributed by atoms with Crippen LogP contribution in [0.15, 0.2) is 68.7 Å². The van der Waals surface area contributed by atoms with E-state index in [-0.39, 0.29) is 11.5 Å². The van der Waals surface area contributed by atoms with Gasteiger partial charge in [-0.05, 0) is 49.1 Å². The lowest BCUT2D eigenvalue weighted by Gasteiger charge is -2.11. The number of hydrogen-bond donors (Lipinski definition) is 0. The van der Waals surface area contributed by atoms with Crippen LogP contribution in [0.3, 0.4) is 0 Å². The second-order valence-electron chi connectivity index (χ2n) is 5.18. The number of thioether (sulfide) groups is 1. The van der Waals surface area contributed by atoms with Gasteiger partial charge in [-0.1, -0.05) is 18.2 Å². The summed E-state index contributed by atoms with van der Waals surface area (Å²) in [6.07, 6.45) is 1.99. The van der Waals surface area contributed by atoms with Gasteiger partial charge in [0.25, 0.3) is 0 Å². The van der Waals surface area contributed by atoms with Gasteiger partial charge in [0.05, 0.1) is 0 Å². The molecule has 1 aromatic heterocycles. The van der Waals surface area contributed by atoms with Crippen molar-refractivity contribution in [2.24, 2.45) is 0 Å². The lowest BCUT2D eigenvalue weighted by Crippen LogP contribution is -2.06. The van der Waals surface area contributed by atoms with E-state index in [1.54, 1.807) is 30.8 Å². The third kappa shape index (κ3) is 3.51. The second kappa shape index (κ2) is 6.93. The fourth-order valence-electron chi connectivity index (χ4n) is 2.33.